The number of rotatable bonds is 11. The Morgan fingerprint density at radius 3 is 2.00 bits per heavy atom. The first-order valence-electron chi connectivity index (χ1n) is 14.5. The monoisotopic (exact) mass is 710 g/mol. The Morgan fingerprint density at radius 1 is 0.792 bits per heavy atom. The van der Waals surface area contributed by atoms with E-state index in [-0.39, 0.29) is 35.2 Å². The van der Waals surface area contributed by atoms with Crippen LogP contribution in [0.3, 0.4) is 0 Å². The van der Waals surface area contributed by atoms with Gasteiger partial charge in [0.25, 0.3) is 26.0 Å². The van der Waals surface area contributed by atoms with Crippen LogP contribution in [0.4, 0.5) is 10.5 Å². The van der Waals surface area contributed by atoms with E-state index in [0.717, 1.165) is 11.1 Å². The summed E-state index contributed by atoms with van der Waals surface area (Å²) in [6, 6.07) is 20.4. The summed E-state index contributed by atoms with van der Waals surface area (Å²) in [5.74, 6) is -0.286. The van der Waals surface area contributed by atoms with Gasteiger partial charge in [-0.15, -0.1) is 0 Å². The van der Waals surface area contributed by atoms with Crippen molar-refractivity contribution in [3.05, 3.63) is 112 Å². The van der Waals surface area contributed by atoms with Gasteiger partial charge >= 0.3 is 6.09 Å². The van der Waals surface area contributed by atoms with E-state index in [1.165, 1.54) is 30.3 Å². The molecule has 2 heterocycles. The third-order valence-electron chi connectivity index (χ3n) is 7.17. The first-order chi connectivity index (χ1) is 22.7. The largest absolute Gasteiger partial charge is 0.447 e. The number of amides is 2. The highest BCUT2D eigenvalue weighted by Crippen LogP contribution is 2.24. The predicted molar refractivity (Wildman–Crippen MR) is 180 cm³/mol. The number of nitrogens with zero attached hydrogens (tertiary/aromatic N) is 3. The fourth-order valence-corrected chi connectivity index (χ4v) is 6.68. The number of aromatic nitrogens is 3. The molecule has 3 N–H and O–H groups in total. The lowest BCUT2D eigenvalue weighted by Gasteiger charge is -2.12. The number of aryl methyl sites for hydroxylation is 3. The van der Waals surface area contributed by atoms with Crippen molar-refractivity contribution < 1.29 is 31.2 Å². The zero-order valence-electron chi connectivity index (χ0n) is 26.0. The van der Waals surface area contributed by atoms with Gasteiger partial charge in [0.05, 0.1) is 16.3 Å². The molecule has 2 aromatic heterocycles. The fraction of sp³-hybridized carbons (Fsp3) is 0.188. The Bertz CT molecular complexity index is 2220. The fourth-order valence-electron chi connectivity index (χ4n) is 4.59. The second-order valence-corrected chi connectivity index (χ2v) is 14.6. The molecule has 0 atom stereocenters. The third kappa shape index (κ3) is 8.10. The van der Waals surface area contributed by atoms with Gasteiger partial charge in [0, 0.05) is 17.3 Å². The number of hydrogen-bond acceptors (Lipinski definition) is 10. The van der Waals surface area contributed by atoms with E-state index in [2.05, 4.69) is 20.0 Å². The molecule has 48 heavy (non-hydrogen) atoms. The Hall–Kier alpha value is -4.99. The number of ether oxygens (including phenoxy) is 1. The van der Waals surface area contributed by atoms with E-state index >= 15 is 0 Å². The molecule has 0 spiro atoms. The van der Waals surface area contributed by atoms with Gasteiger partial charge in [-0.05, 0) is 74.9 Å². The quantitative estimate of drug-likeness (QED) is 0.163. The van der Waals surface area contributed by atoms with Gasteiger partial charge in [-0.2, -0.15) is 0 Å². The summed E-state index contributed by atoms with van der Waals surface area (Å²) in [6.07, 6.45) is -1.10. The lowest BCUT2D eigenvalue weighted by molar-refractivity contribution is 0.0976. The molecule has 250 valence electrons. The maximum Gasteiger partial charge on any atom is 0.421 e. The van der Waals surface area contributed by atoms with Crippen LogP contribution in [-0.2, 0) is 31.3 Å². The molecule has 0 radical (unpaired) electrons. The number of carbonyl (C=O) groups is 2. The van der Waals surface area contributed by atoms with Crippen LogP contribution < -0.4 is 14.8 Å². The zero-order chi connectivity index (χ0) is 34.6. The maximum atomic E-state index is 12.9. The van der Waals surface area contributed by atoms with Crippen LogP contribution in [-0.4, -0.2) is 56.5 Å². The number of nitrogens with one attached hydrogen (secondary N) is 3. The molecular formula is C32H31ClN6O7S2. The van der Waals surface area contributed by atoms with E-state index in [9.17, 15) is 26.4 Å². The molecule has 0 aliphatic heterocycles. The molecule has 2 amide bonds. The zero-order valence-corrected chi connectivity index (χ0v) is 28.4. The summed E-state index contributed by atoms with van der Waals surface area (Å²) >= 11 is 6.59. The Morgan fingerprint density at radius 2 is 1.40 bits per heavy atom. The van der Waals surface area contributed by atoms with Crippen LogP contribution in [0.5, 0.6) is 0 Å². The summed E-state index contributed by atoms with van der Waals surface area (Å²) < 4.78 is 60.9. The van der Waals surface area contributed by atoms with Crippen LogP contribution in [0, 0.1) is 20.8 Å². The normalized spacial score (nSPS) is 11.7. The molecule has 3 aromatic carbocycles. The maximum absolute atomic E-state index is 12.9. The van der Waals surface area contributed by atoms with Gasteiger partial charge in [0.2, 0.25) is 0 Å². The van der Waals surface area contributed by atoms with E-state index in [0.29, 0.717) is 33.3 Å². The topological polar surface area (TPSA) is 178 Å². The van der Waals surface area contributed by atoms with Gasteiger partial charge in [-0.25, -0.2) is 41.0 Å². The van der Waals surface area contributed by atoms with Crippen molar-refractivity contribution in [2.75, 3.05) is 18.5 Å². The van der Waals surface area contributed by atoms with E-state index < -0.39 is 32.0 Å². The van der Waals surface area contributed by atoms with Crippen molar-refractivity contribution in [2.24, 2.45) is 0 Å². The van der Waals surface area contributed by atoms with Gasteiger partial charge < -0.3 is 14.6 Å². The van der Waals surface area contributed by atoms with Crippen molar-refractivity contribution in [3.63, 3.8) is 0 Å². The van der Waals surface area contributed by atoms with E-state index in [1.807, 2.05) is 18.6 Å². The van der Waals surface area contributed by atoms with E-state index in [1.54, 1.807) is 60.0 Å². The molecule has 5 aromatic rings. The van der Waals surface area contributed by atoms with Gasteiger partial charge in [-0.3, -0.25) is 4.79 Å². The average Bonchev–Trinajstić information content (AvgIpc) is 3.34. The summed E-state index contributed by atoms with van der Waals surface area (Å²) in [5, 5.41) is 3.46. The molecule has 0 aliphatic carbocycles. The smallest absolute Gasteiger partial charge is 0.421 e. The minimum absolute atomic E-state index is 0.0432. The van der Waals surface area contributed by atoms with Crippen molar-refractivity contribution in [3.8, 4) is 0 Å². The minimum atomic E-state index is -4.11. The van der Waals surface area contributed by atoms with Gasteiger partial charge in [0.15, 0.2) is 5.65 Å². The summed E-state index contributed by atoms with van der Waals surface area (Å²) in [7, 11) is -8.17. The number of pyridine rings is 1. The summed E-state index contributed by atoms with van der Waals surface area (Å²) in [4.78, 5) is 33.8. The van der Waals surface area contributed by atoms with Crippen LogP contribution in [0.25, 0.3) is 11.2 Å². The van der Waals surface area contributed by atoms with Crippen molar-refractivity contribution in [2.45, 2.75) is 37.1 Å². The van der Waals surface area contributed by atoms with Crippen molar-refractivity contribution in [1.29, 1.82) is 0 Å². The number of sulfonamides is 2. The molecule has 0 aliphatic rings. The first-order valence-corrected chi connectivity index (χ1v) is 17.8. The molecule has 0 saturated heterocycles. The SMILES string of the molecule is Cc1ccc(S(=O)(=O)NC(=O)OCCNc2ccc(Cn3c(C)nc4ccc(C(=O)NS(=O)(=O)c5ccc(C)cc5)nc43)c(Cl)c2)cc1. The summed E-state index contributed by atoms with van der Waals surface area (Å²) in [6.45, 7) is 5.72. The number of imidazole rings is 1. The van der Waals surface area contributed by atoms with Crippen molar-refractivity contribution in [1.82, 2.24) is 24.0 Å². The number of fused-ring (bicyclic) bond motifs is 1. The molecule has 16 heteroatoms. The van der Waals surface area contributed by atoms with Crippen LogP contribution >= 0.6 is 11.6 Å². The second kappa shape index (κ2) is 14.0. The molecule has 5 rings (SSSR count). The average molecular weight is 711 g/mol. The van der Waals surface area contributed by atoms with Gasteiger partial charge in [0.1, 0.15) is 23.6 Å². The lowest BCUT2D eigenvalue weighted by Crippen LogP contribution is -2.32. The minimum Gasteiger partial charge on any atom is -0.447 e. The molecule has 0 bridgehead atoms. The number of anilines is 1. The molecule has 0 fully saturated rings. The highest BCUT2D eigenvalue weighted by atomic mass is 35.5. The number of halogens is 1. The van der Waals surface area contributed by atoms with Crippen LogP contribution in [0.1, 0.15) is 33.0 Å². The first kappa shape index (κ1) is 34.3. The second-order valence-electron chi connectivity index (χ2n) is 10.8. The molecule has 13 nitrogen and oxygen atoms in total. The van der Waals surface area contributed by atoms with Crippen molar-refractivity contribution >= 4 is 60.5 Å². The molecular weight excluding hydrogens is 680 g/mol. The predicted octanol–water partition coefficient (Wildman–Crippen LogP) is 4.70. The standard InChI is InChI=1S/C32H31ClN6O7S2/c1-20-4-10-25(11-5-20)47(42,43)37-31(40)29-15-14-28-30(36-29)39(22(3)35-28)19-23-8-9-24(18-27(23)33)34-16-17-46-32(41)38-48(44,45)26-12-6-21(2)7-13-26/h4-15,18,34H,16-17,19H2,1-3H3,(H,37,40)(H,38,41). The highest BCUT2D eigenvalue weighted by molar-refractivity contribution is 7.90. The third-order valence-corrected chi connectivity index (χ3v) is 10.2. The molecule has 0 saturated carbocycles. The van der Waals surface area contributed by atoms with Crippen LogP contribution in [0.2, 0.25) is 5.02 Å². The number of carbonyl (C=O) groups excluding carboxylic acids is 2. The Balaban J connectivity index is 1.20. The van der Waals surface area contributed by atoms with Gasteiger partial charge in [-0.1, -0.05) is 53.1 Å². The number of hydrogen-bond donors (Lipinski definition) is 3. The van der Waals surface area contributed by atoms with Crippen LogP contribution in [0.15, 0.2) is 88.7 Å². The number of benzene rings is 3. The summed E-state index contributed by atoms with van der Waals surface area (Å²) in [5.41, 5.74) is 3.86. The Kier molecular flexibility index (Phi) is 10.0. The Labute approximate surface area is 282 Å². The highest BCUT2D eigenvalue weighted by Gasteiger charge is 2.22. The lowest BCUT2D eigenvalue weighted by atomic mass is 10.2. The van der Waals surface area contributed by atoms with E-state index in [4.69, 9.17) is 16.3 Å². The molecule has 0 unspecified atom stereocenters.